The first-order chi connectivity index (χ1) is 11.4. The quantitative estimate of drug-likeness (QED) is 0.533. The van der Waals surface area contributed by atoms with Gasteiger partial charge in [-0.15, -0.1) is 0 Å². The van der Waals surface area contributed by atoms with Crippen LogP contribution in [0, 0.1) is 0 Å². The topological polar surface area (TPSA) is 50.7 Å². The lowest BCUT2D eigenvalue weighted by Crippen LogP contribution is -2.34. The van der Waals surface area contributed by atoms with Gasteiger partial charge in [-0.25, -0.2) is 5.43 Å². The number of ether oxygens (including phenoxy) is 1. The number of nitrogens with zero attached hydrogens (tertiary/aromatic N) is 1. The molecule has 0 heterocycles. The molecule has 2 rings (SSSR count). The third kappa shape index (κ3) is 5.23. The van der Waals surface area contributed by atoms with E-state index < -0.39 is 6.10 Å². The molecule has 1 N–H and O–H groups in total. The van der Waals surface area contributed by atoms with E-state index in [0.717, 1.165) is 10.0 Å². The van der Waals surface area contributed by atoms with Crippen LogP contribution in [0.25, 0.3) is 0 Å². The van der Waals surface area contributed by atoms with Gasteiger partial charge in [0.2, 0.25) is 0 Å². The van der Waals surface area contributed by atoms with Gasteiger partial charge in [-0.1, -0.05) is 51.3 Å². The van der Waals surface area contributed by atoms with E-state index in [1.54, 1.807) is 25.1 Å². The molecular formula is C17H15BrCl2N2O2. The number of hydrazone groups is 1. The number of nitrogens with one attached hydrogen (secondary N) is 1. The number of benzene rings is 2. The second-order valence-corrected chi connectivity index (χ2v) is 6.77. The first kappa shape index (κ1) is 18.8. The highest BCUT2D eigenvalue weighted by Crippen LogP contribution is 2.28. The lowest BCUT2D eigenvalue weighted by Gasteiger charge is -2.14. The van der Waals surface area contributed by atoms with Gasteiger partial charge >= 0.3 is 0 Å². The van der Waals surface area contributed by atoms with Crippen molar-refractivity contribution in [3.8, 4) is 5.75 Å². The predicted molar refractivity (Wildman–Crippen MR) is 101 cm³/mol. The number of amides is 1. The second-order valence-electron chi connectivity index (χ2n) is 5.01. The Morgan fingerprint density at radius 2 is 1.88 bits per heavy atom. The summed E-state index contributed by atoms with van der Waals surface area (Å²) < 4.78 is 6.51. The maximum absolute atomic E-state index is 12.1. The molecule has 0 aromatic heterocycles. The highest BCUT2D eigenvalue weighted by molar-refractivity contribution is 9.10. The summed E-state index contributed by atoms with van der Waals surface area (Å²) in [5.41, 5.74) is 4.09. The molecule has 126 valence electrons. The van der Waals surface area contributed by atoms with Crippen molar-refractivity contribution < 1.29 is 9.53 Å². The zero-order valence-corrected chi connectivity index (χ0v) is 16.1. The summed E-state index contributed by atoms with van der Waals surface area (Å²) in [5, 5.41) is 4.93. The largest absolute Gasteiger partial charge is 0.479 e. The van der Waals surface area contributed by atoms with Crippen molar-refractivity contribution in [2.45, 2.75) is 20.0 Å². The Morgan fingerprint density at radius 1 is 1.21 bits per heavy atom. The number of carbonyl (C=O) groups excluding carboxylic acids is 1. The van der Waals surface area contributed by atoms with Crippen LogP contribution in [0.15, 0.2) is 52.0 Å². The molecule has 1 amide bonds. The predicted octanol–water partition coefficient (Wildman–Crippen LogP) is 5.06. The zero-order chi connectivity index (χ0) is 17.7. The molecule has 0 saturated carbocycles. The Bertz CT molecular complexity index is 764. The molecule has 24 heavy (non-hydrogen) atoms. The van der Waals surface area contributed by atoms with E-state index >= 15 is 0 Å². The standard InChI is InChI=1S/C17H15BrCl2N2O2/c1-10(12-3-5-13(18)6-4-12)21-22-17(23)11(2)24-16-8-7-14(19)9-15(16)20/h3-9,11H,1-2H3,(H,22,23)/b21-10+. The van der Waals surface area contributed by atoms with Gasteiger partial charge in [0.05, 0.1) is 10.7 Å². The highest BCUT2D eigenvalue weighted by Gasteiger charge is 2.16. The highest BCUT2D eigenvalue weighted by atomic mass is 79.9. The maximum atomic E-state index is 12.1. The van der Waals surface area contributed by atoms with Crippen molar-refractivity contribution in [3.05, 3.63) is 62.5 Å². The summed E-state index contributed by atoms with van der Waals surface area (Å²) in [4.78, 5) is 12.1. The van der Waals surface area contributed by atoms with Gasteiger partial charge in [0.1, 0.15) is 5.75 Å². The van der Waals surface area contributed by atoms with Crippen LogP contribution in [-0.2, 0) is 4.79 Å². The van der Waals surface area contributed by atoms with E-state index in [-0.39, 0.29) is 5.91 Å². The number of halogens is 3. The first-order valence-electron chi connectivity index (χ1n) is 7.08. The van der Waals surface area contributed by atoms with Crippen molar-refractivity contribution in [3.63, 3.8) is 0 Å². The first-order valence-corrected chi connectivity index (χ1v) is 8.63. The van der Waals surface area contributed by atoms with E-state index in [0.29, 0.717) is 21.5 Å². The van der Waals surface area contributed by atoms with Crippen LogP contribution in [-0.4, -0.2) is 17.7 Å². The number of hydrogen-bond donors (Lipinski definition) is 1. The summed E-state index contributed by atoms with van der Waals surface area (Å²) in [6, 6.07) is 12.4. The summed E-state index contributed by atoms with van der Waals surface area (Å²) in [6.07, 6.45) is -0.759. The molecule has 0 aliphatic heterocycles. The minimum atomic E-state index is -0.759. The third-order valence-electron chi connectivity index (χ3n) is 3.16. The van der Waals surface area contributed by atoms with E-state index in [4.69, 9.17) is 27.9 Å². The minimum absolute atomic E-state index is 0.344. The molecule has 0 bridgehead atoms. The zero-order valence-electron chi connectivity index (χ0n) is 13.0. The van der Waals surface area contributed by atoms with Crippen LogP contribution < -0.4 is 10.2 Å². The van der Waals surface area contributed by atoms with E-state index in [9.17, 15) is 4.79 Å². The fourth-order valence-electron chi connectivity index (χ4n) is 1.80. The Balaban J connectivity index is 1.98. The van der Waals surface area contributed by atoms with Gasteiger partial charge in [0.25, 0.3) is 5.91 Å². The van der Waals surface area contributed by atoms with Crippen LogP contribution in [0.2, 0.25) is 10.0 Å². The van der Waals surface area contributed by atoms with Gasteiger partial charge < -0.3 is 4.74 Å². The van der Waals surface area contributed by atoms with Gasteiger partial charge in [-0.05, 0) is 49.7 Å². The van der Waals surface area contributed by atoms with Crippen LogP contribution in [0.1, 0.15) is 19.4 Å². The van der Waals surface area contributed by atoms with Gasteiger partial charge in [0, 0.05) is 9.50 Å². The molecule has 1 atom stereocenters. The molecule has 0 aliphatic rings. The minimum Gasteiger partial charge on any atom is -0.479 e. The Kier molecular flexibility index (Phi) is 6.66. The van der Waals surface area contributed by atoms with Crippen molar-refractivity contribution in [2.24, 2.45) is 5.10 Å². The van der Waals surface area contributed by atoms with Gasteiger partial charge in [0.15, 0.2) is 6.10 Å². The summed E-state index contributed by atoms with van der Waals surface area (Å²) in [7, 11) is 0. The van der Waals surface area contributed by atoms with Crippen molar-refractivity contribution >= 4 is 50.8 Å². The number of hydrogen-bond acceptors (Lipinski definition) is 3. The molecule has 7 heteroatoms. The molecule has 0 fully saturated rings. The lowest BCUT2D eigenvalue weighted by molar-refractivity contribution is -0.127. The molecule has 0 spiro atoms. The van der Waals surface area contributed by atoms with E-state index in [2.05, 4.69) is 26.5 Å². The number of carbonyl (C=O) groups is 1. The van der Waals surface area contributed by atoms with Crippen molar-refractivity contribution in [1.82, 2.24) is 5.43 Å². The van der Waals surface area contributed by atoms with Crippen molar-refractivity contribution in [2.75, 3.05) is 0 Å². The lowest BCUT2D eigenvalue weighted by atomic mass is 10.1. The monoisotopic (exact) mass is 428 g/mol. The molecule has 1 unspecified atom stereocenters. The Labute approximate surface area is 158 Å². The van der Waals surface area contributed by atoms with Crippen LogP contribution >= 0.6 is 39.1 Å². The molecule has 0 radical (unpaired) electrons. The Hall–Kier alpha value is -1.56. The van der Waals surface area contributed by atoms with Crippen molar-refractivity contribution in [1.29, 1.82) is 0 Å². The maximum Gasteiger partial charge on any atom is 0.280 e. The summed E-state index contributed by atoms with van der Waals surface area (Å²) in [6.45, 7) is 3.43. The SMILES string of the molecule is C/C(=N\NC(=O)C(C)Oc1ccc(Cl)cc1Cl)c1ccc(Br)cc1. The molecule has 0 saturated heterocycles. The molecular weight excluding hydrogens is 415 g/mol. The fourth-order valence-corrected chi connectivity index (χ4v) is 2.52. The van der Waals surface area contributed by atoms with E-state index in [1.807, 2.05) is 31.2 Å². The van der Waals surface area contributed by atoms with E-state index in [1.165, 1.54) is 0 Å². The summed E-state index contributed by atoms with van der Waals surface area (Å²) in [5.74, 6) is 0.00908. The van der Waals surface area contributed by atoms with Gasteiger partial charge in [-0.2, -0.15) is 5.10 Å². The second kappa shape index (κ2) is 8.51. The molecule has 2 aromatic rings. The fraction of sp³-hybridized carbons (Fsp3) is 0.176. The molecule has 0 aliphatic carbocycles. The van der Waals surface area contributed by atoms with Crippen LogP contribution in [0.3, 0.4) is 0 Å². The number of rotatable bonds is 5. The van der Waals surface area contributed by atoms with Gasteiger partial charge in [-0.3, -0.25) is 4.79 Å². The Morgan fingerprint density at radius 3 is 2.50 bits per heavy atom. The molecule has 2 aromatic carbocycles. The van der Waals surface area contributed by atoms with Crippen LogP contribution in [0.5, 0.6) is 5.75 Å². The molecule has 4 nitrogen and oxygen atoms in total. The normalized spacial score (nSPS) is 12.6. The smallest absolute Gasteiger partial charge is 0.280 e. The van der Waals surface area contributed by atoms with Crippen LogP contribution in [0.4, 0.5) is 0 Å². The third-order valence-corrected chi connectivity index (χ3v) is 4.22. The average Bonchev–Trinajstić information content (AvgIpc) is 2.55. The average molecular weight is 430 g/mol. The summed E-state index contributed by atoms with van der Waals surface area (Å²) >= 11 is 15.2.